The highest BCUT2D eigenvalue weighted by molar-refractivity contribution is 6.39. The summed E-state index contributed by atoms with van der Waals surface area (Å²) in [7, 11) is 4.65. The lowest BCUT2D eigenvalue weighted by Gasteiger charge is -2.47. The van der Waals surface area contributed by atoms with Crippen LogP contribution in [0.5, 0.6) is 0 Å². The van der Waals surface area contributed by atoms with Crippen LogP contribution in [0.2, 0.25) is 0 Å². The van der Waals surface area contributed by atoms with Crippen LogP contribution in [0.4, 0.5) is 0 Å². The zero-order valence-corrected chi connectivity index (χ0v) is 69.3. The highest BCUT2D eigenvalue weighted by atomic mass is 16.7. The van der Waals surface area contributed by atoms with E-state index in [1.165, 1.54) is 135 Å². The van der Waals surface area contributed by atoms with Gasteiger partial charge in [0, 0.05) is 78.2 Å². The molecule has 0 aromatic carbocycles. The summed E-state index contributed by atoms with van der Waals surface area (Å²) in [4.78, 5) is 113. The number of rotatable bonds is 47. The summed E-state index contributed by atoms with van der Waals surface area (Å²) >= 11 is 0. The summed E-state index contributed by atoms with van der Waals surface area (Å²) in [5, 5.41) is 24.5. The van der Waals surface area contributed by atoms with E-state index in [1.54, 1.807) is 34.0 Å². The number of carbonyl (C=O) groups excluding carboxylic acids is 8. The molecule has 3 heterocycles. The average molecular weight is 1530 g/mol. The molecule has 0 aromatic rings. The maximum Gasteiger partial charge on any atom is 0.308 e. The normalized spacial score (nSPS) is 27.7. The fraction of sp³-hybridized carbons (Fsp3) is 0.841. The first-order valence-corrected chi connectivity index (χ1v) is 42.7. The number of hydrogen-bond acceptors (Lipinski definition) is 19. The smallest absolute Gasteiger partial charge is 0.308 e. The van der Waals surface area contributed by atoms with E-state index >= 15 is 4.79 Å². The van der Waals surface area contributed by atoms with Gasteiger partial charge >= 0.3 is 23.9 Å². The zero-order chi connectivity index (χ0) is 79.4. The molecule has 1 amide bonds. The number of unbranched alkanes of at least 4 members (excludes halogenated alkanes) is 24. The van der Waals surface area contributed by atoms with E-state index in [4.69, 9.17) is 42.6 Å². The lowest BCUT2D eigenvalue weighted by molar-refractivity contribution is -0.302. The van der Waals surface area contributed by atoms with Gasteiger partial charge < -0.3 is 57.7 Å². The molecule has 16 atom stereocenters. The summed E-state index contributed by atoms with van der Waals surface area (Å²) in [5.41, 5.74) is 1.75. The van der Waals surface area contributed by atoms with Crippen LogP contribution in [0.25, 0.3) is 0 Å². The van der Waals surface area contributed by atoms with E-state index in [9.17, 15) is 43.8 Å². The van der Waals surface area contributed by atoms with Crippen LogP contribution in [0.15, 0.2) is 36.0 Å². The topological polar surface area (TPSA) is 263 Å². The number of fused-ring (bicyclic) bond motifs is 3. The van der Waals surface area contributed by atoms with E-state index < -0.39 is 126 Å². The number of Topliss-reactive ketones (excluding diaryl/α,β-unsaturated/α-hetero) is 3. The van der Waals surface area contributed by atoms with Crippen LogP contribution in [0, 0.1) is 41.4 Å². The molecule has 20 nitrogen and oxygen atoms in total. The number of amides is 1. The van der Waals surface area contributed by atoms with Crippen molar-refractivity contribution in [3.8, 4) is 0 Å². The fourth-order valence-corrected chi connectivity index (χ4v) is 16.6. The van der Waals surface area contributed by atoms with Gasteiger partial charge in [0.1, 0.15) is 25.1 Å². The quantitative estimate of drug-likeness (QED) is 0.0143. The minimum atomic E-state index is -2.54. The van der Waals surface area contributed by atoms with E-state index in [1.807, 2.05) is 33.8 Å². The van der Waals surface area contributed by atoms with Crippen LogP contribution in [-0.4, -0.2) is 164 Å². The molecular formula is C88H149NO19. The van der Waals surface area contributed by atoms with Crippen molar-refractivity contribution in [2.24, 2.45) is 41.4 Å². The first-order chi connectivity index (χ1) is 51.8. The summed E-state index contributed by atoms with van der Waals surface area (Å²) in [6.45, 7) is 20.8. The van der Waals surface area contributed by atoms with Gasteiger partial charge in [0.25, 0.3) is 11.7 Å². The van der Waals surface area contributed by atoms with Crippen LogP contribution in [0.3, 0.4) is 0 Å². The number of piperidine rings is 1. The number of nitrogens with zero attached hydrogens (tertiary/aromatic N) is 1. The van der Waals surface area contributed by atoms with E-state index in [-0.39, 0.29) is 94.5 Å². The van der Waals surface area contributed by atoms with Crippen LogP contribution in [-0.2, 0) is 81.0 Å². The Hall–Kier alpha value is -4.70. The Balaban J connectivity index is 1.39. The summed E-state index contributed by atoms with van der Waals surface area (Å²) in [5.74, 6) is -10.5. The number of aliphatic hydroxyl groups excluding tert-OH is 1. The predicted octanol–water partition coefficient (Wildman–Crippen LogP) is 17.6. The third-order valence-electron chi connectivity index (χ3n) is 23.2. The monoisotopic (exact) mass is 1520 g/mol. The summed E-state index contributed by atoms with van der Waals surface area (Å²) in [6, 6.07) is -1.01. The molecule has 2 N–H and O–H groups in total. The van der Waals surface area contributed by atoms with Gasteiger partial charge in [-0.3, -0.25) is 38.4 Å². The highest BCUT2D eigenvalue weighted by Gasteiger charge is 2.57. The second kappa shape index (κ2) is 54.1. The van der Waals surface area contributed by atoms with Crippen LogP contribution < -0.4 is 0 Å². The molecule has 108 heavy (non-hydrogen) atoms. The number of esters is 4. The first kappa shape index (κ1) is 95.7. The van der Waals surface area contributed by atoms with Crippen molar-refractivity contribution in [1.82, 2.24) is 4.90 Å². The molecule has 4 rings (SSSR count). The lowest BCUT2D eigenvalue weighted by Crippen LogP contribution is -2.64. The van der Waals surface area contributed by atoms with Crippen molar-refractivity contribution in [2.45, 2.75) is 393 Å². The van der Waals surface area contributed by atoms with Gasteiger partial charge in [-0.05, 0) is 127 Å². The molecule has 0 aromatic heterocycles. The number of allylic oxidation sites excluding steroid dienone is 5. The number of methoxy groups -OCH3 is 3. The standard InChI is InChI=1S/C88H149NO19/c1-14-17-19-21-23-25-27-29-31-33-35-37-39-45-81(93)103-60-71(61-104-82(94)46-40-38-36-34-32-30-28-26-24-22-20-18-15-2)107-84(96)54-64(6)53-83(95)106-68(10)105-77-48-47-69(57-78(77)100-11)55-65(7)72-58-76(92)73-44-41-42-49-89(73)87(98)86(97)88(99)66(8)56-80(102-13)85(108-88)79(101-12)52-63(5)50-62(4)51-70(43-16-3)75(91)59-74(90)67(72)9/h16,51,55,63-64,66-74,77-80,85,90,99H,3,14-15,17-50,52-54,56-61H2,1-2,4-13H3/b62-51+,65-55+/t63-,64?,66+,67-,68?,69-,70+,72+,73-,74-,77+,78+,79-,80-,85+,88+/m0/s1. The van der Waals surface area contributed by atoms with Crippen LogP contribution in [0.1, 0.15) is 332 Å². The average Bonchev–Trinajstić information content (AvgIpc) is 0.772. The Bertz CT molecular complexity index is 2650. The Morgan fingerprint density at radius 3 is 1.63 bits per heavy atom. The van der Waals surface area contributed by atoms with E-state index in [2.05, 4.69) is 26.5 Å². The molecule has 3 aliphatic heterocycles. The van der Waals surface area contributed by atoms with Gasteiger partial charge in [-0.1, -0.05) is 225 Å². The third kappa shape index (κ3) is 35.6. The number of carbonyl (C=O) groups is 8. The van der Waals surface area contributed by atoms with Crippen molar-refractivity contribution in [1.29, 1.82) is 0 Å². The van der Waals surface area contributed by atoms with Gasteiger partial charge in [0.2, 0.25) is 12.1 Å². The molecule has 20 heteroatoms. The maximum absolute atomic E-state index is 15.0. The molecule has 1 saturated carbocycles. The van der Waals surface area contributed by atoms with Gasteiger partial charge in [0.05, 0.1) is 36.6 Å². The lowest BCUT2D eigenvalue weighted by atomic mass is 9.75. The van der Waals surface area contributed by atoms with E-state index in [0.717, 1.165) is 49.7 Å². The molecule has 2 unspecified atom stereocenters. The van der Waals surface area contributed by atoms with E-state index in [0.29, 0.717) is 64.2 Å². The first-order valence-electron chi connectivity index (χ1n) is 42.7. The van der Waals surface area contributed by atoms with Crippen molar-refractivity contribution < 1.29 is 91.2 Å². The maximum atomic E-state index is 15.0. The van der Waals surface area contributed by atoms with Crippen LogP contribution >= 0.6 is 0 Å². The van der Waals surface area contributed by atoms with Crippen molar-refractivity contribution in [3.05, 3.63) is 36.0 Å². The Kier molecular flexibility index (Phi) is 47.9. The third-order valence-corrected chi connectivity index (χ3v) is 23.2. The molecule has 2 bridgehead atoms. The Labute approximate surface area is 651 Å². The SMILES string of the molecule is C=CC[C@@H]1/C=C(\C)C[C@H](C)C[C@H](OC)[C@H]2O[C@@](O)(C(=O)C(=O)N3CCCC[C@H]3C(=O)C[C@H](/C(C)=C/[C@@H]3CC[C@@H](OC(C)OC(=O)CC(C)CC(=O)OC(COC(=O)CCCCCCCCCCCCCCC)COC(=O)CCCCCCCCCCCCCCC)[C@H](OC)C3)[C@H](C)[C@@H](O)CC1=O)[C@H](C)C[C@@H]2OC. The second-order valence-corrected chi connectivity index (χ2v) is 32.8. The molecule has 3 fully saturated rings. The minimum Gasteiger partial charge on any atom is -0.462 e. The molecule has 0 spiro atoms. The molecular weight excluding hydrogens is 1370 g/mol. The molecule has 620 valence electrons. The minimum absolute atomic E-state index is 0.0252. The van der Waals surface area contributed by atoms with Crippen molar-refractivity contribution >= 4 is 47.1 Å². The number of aliphatic hydroxyl groups is 2. The molecule has 0 radical (unpaired) electrons. The Morgan fingerprint density at radius 2 is 1.12 bits per heavy atom. The second-order valence-electron chi connectivity index (χ2n) is 32.8. The number of hydrogen-bond donors (Lipinski definition) is 2. The summed E-state index contributed by atoms with van der Waals surface area (Å²) in [6.07, 6.45) is 34.8. The zero-order valence-electron chi connectivity index (χ0n) is 69.3. The molecule has 2 saturated heterocycles. The number of ether oxygens (including phenoxy) is 9. The largest absolute Gasteiger partial charge is 0.462 e. The molecule has 1 aliphatic carbocycles. The number of ketones is 3. The summed E-state index contributed by atoms with van der Waals surface area (Å²) < 4.78 is 53.5. The van der Waals surface area contributed by atoms with Crippen molar-refractivity contribution in [2.75, 3.05) is 41.1 Å². The Morgan fingerprint density at radius 1 is 0.620 bits per heavy atom. The molecule has 4 aliphatic rings. The van der Waals surface area contributed by atoms with Crippen molar-refractivity contribution in [3.63, 3.8) is 0 Å². The van der Waals surface area contributed by atoms with Gasteiger partial charge in [0.15, 0.2) is 11.9 Å². The van der Waals surface area contributed by atoms with Gasteiger partial charge in [-0.25, -0.2) is 0 Å². The predicted molar refractivity (Wildman–Crippen MR) is 421 cm³/mol. The fourth-order valence-electron chi connectivity index (χ4n) is 16.6. The highest BCUT2D eigenvalue weighted by Crippen LogP contribution is 2.41. The van der Waals surface area contributed by atoms with Gasteiger partial charge in [-0.15, -0.1) is 6.58 Å². The van der Waals surface area contributed by atoms with Gasteiger partial charge in [-0.2, -0.15) is 0 Å².